The van der Waals surface area contributed by atoms with E-state index in [4.69, 9.17) is 30.3 Å². The van der Waals surface area contributed by atoms with Crippen molar-refractivity contribution in [2.45, 2.75) is 67.5 Å². The number of β-amino-alcohol motifs (C(OH)–C–C–N with tert-alkyl or cyclic N) is 2. The van der Waals surface area contributed by atoms with E-state index in [2.05, 4.69) is 225 Å². The molecule has 2 saturated heterocycles. The fourth-order valence-electron chi connectivity index (χ4n) is 16.4. The monoisotopic (exact) mass is 1790 g/mol. The number of ether oxygens (including phenoxy) is 2. The van der Waals surface area contributed by atoms with Crippen molar-refractivity contribution in [2.24, 2.45) is 10.8 Å². The third-order valence-corrected chi connectivity index (χ3v) is 26.4. The van der Waals surface area contributed by atoms with Crippen LogP contribution in [0.3, 0.4) is 0 Å². The number of amides is 2. The zero-order valence-corrected chi connectivity index (χ0v) is 71.7. The molecule has 3 aliphatic rings. The molecule has 30 heteroatoms. The highest BCUT2D eigenvalue weighted by Crippen LogP contribution is 2.41. The van der Waals surface area contributed by atoms with Gasteiger partial charge in [-0.15, -0.1) is 0 Å². The van der Waals surface area contributed by atoms with Gasteiger partial charge in [0.1, 0.15) is 5.82 Å². The van der Waals surface area contributed by atoms with Gasteiger partial charge in [-0.05, 0) is 133 Å². The Morgan fingerprint density at radius 2 is 0.992 bits per heavy atom. The second kappa shape index (κ2) is 37.7. The minimum atomic E-state index is -3.76. The Bertz CT molecular complexity index is 5960. The lowest BCUT2D eigenvalue weighted by molar-refractivity contribution is 0.0415. The molecule has 17 rings (SSSR count). The number of nitrogens with two attached hydrogens (primary N) is 1. The van der Waals surface area contributed by atoms with Gasteiger partial charge in [-0.3, -0.25) is 14.7 Å². The topological polar surface area (TPSA) is 325 Å². The number of sulfone groups is 1. The zero-order valence-electron chi connectivity index (χ0n) is 66.8. The van der Waals surface area contributed by atoms with Gasteiger partial charge in [0.05, 0.1) is 78.9 Å². The van der Waals surface area contributed by atoms with Crippen molar-refractivity contribution in [2.75, 3.05) is 122 Å². The fraction of sp³-hybridized carbons (Fsp3) is 0.289. The predicted octanol–water partition coefficient (Wildman–Crippen LogP) is 12.6. The van der Waals surface area contributed by atoms with E-state index in [1.165, 1.54) is 67.9 Å². The first kappa shape index (κ1) is 84.6. The maximum absolute atomic E-state index is 12.6. The van der Waals surface area contributed by atoms with Crippen LogP contribution in [-0.2, 0) is 39.5 Å². The molecule has 0 bridgehead atoms. The molecule has 6 heterocycles. The van der Waals surface area contributed by atoms with Crippen molar-refractivity contribution in [3.63, 3.8) is 0 Å². The number of aliphatic hydroxyl groups is 4. The first-order chi connectivity index (χ1) is 58.1. The molecule has 0 spiro atoms. The third kappa shape index (κ3) is 18.9. The molecule has 0 saturated carbocycles. The number of carbonyl (C=O) groups is 1. The van der Waals surface area contributed by atoms with Gasteiger partial charge in [0.25, 0.3) is 0 Å². The van der Waals surface area contributed by atoms with Crippen LogP contribution in [0.25, 0.3) is 87.4 Å². The van der Waals surface area contributed by atoms with Crippen LogP contribution in [0.5, 0.6) is 11.5 Å². The maximum atomic E-state index is 12.6. The molecule has 0 radical (unpaired) electrons. The number of nitrogens with zero attached hydrogens (tertiary/aromatic N) is 10. The van der Waals surface area contributed by atoms with Crippen molar-refractivity contribution >= 4 is 157 Å². The Labute approximate surface area is 713 Å². The quantitative estimate of drug-likeness (QED) is 0.0206. The lowest BCUT2D eigenvalue weighted by atomic mass is 10.1. The summed E-state index contributed by atoms with van der Waals surface area (Å²) in [5.41, 5.74) is 18.2. The Balaban J connectivity index is 0.000000143. The number of anilines is 3. The molecule has 3 atom stereocenters. The van der Waals surface area contributed by atoms with Crippen LogP contribution < -0.4 is 40.9 Å². The number of para-hydroxylation sites is 5. The van der Waals surface area contributed by atoms with Crippen LogP contribution >= 0.6 is 31.9 Å². The van der Waals surface area contributed by atoms with Gasteiger partial charge in [0.15, 0.2) is 21.3 Å². The number of benzene rings is 10. The normalized spacial score (nSPS) is 15.2. The van der Waals surface area contributed by atoms with Crippen LogP contribution in [0.4, 0.5) is 22.2 Å². The van der Waals surface area contributed by atoms with E-state index in [9.17, 15) is 36.9 Å². The molecule has 120 heavy (non-hydrogen) atoms. The van der Waals surface area contributed by atoms with Crippen molar-refractivity contribution < 1.29 is 51.5 Å². The number of urea groups is 1. The molecule has 3 unspecified atom stereocenters. The highest BCUT2D eigenvalue weighted by atomic mass is 79.9. The van der Waals surface area contributed by atoms with Gasteiger partial charge in [-0.2, -0.15) is 10.1 Å². The number of hydrazone groups is 1. The summed E-state index contributed by atoms with van der Waals surface area (Å²) < 4.78 is 72.6. The number of primary amides is 1. The van der Waals surface area contributed by atoms with E-state index >= 15 is 0 Å². The second-order valence-corrected chi connectivity index (χ2v) is 35.9. The van der Waals surface area contributed by atoms with Crippen LogP contribution in [0.1, 0.15) is 30.9 Å². The van der Waals surface area contributed by atoms with E-state index in [0.717, 1.165) is 106 Å². The summed E-state index contributed by atoms with van der Waals surface area (Å²) in [6.07, 6.45) is -0.730. The molecule has 4 aromatic heterocycles. The fourth-order valence-corrected chi connectivity index (χ4v) is 19.6. The number of halogens is 2. The van der Waals surface area contributed by atoms with Crippen molar-refractivity contribution in [1.82, 2.24) is 53.8 Å². The highest BCUT2D eigenvalue weighted by Gasteiger charge is 2.31. The summed E-state index contributed by atoms with van der Waals surface area (Å²) in [4.78, 5) is 30.5. The molecule has 2 fully saturated rings. The van der Waals surface area contributed by atoms with E-state index in [-0.39, 0.29) is 40.8 Å². The number of nitrogens with one attached hydrogen (secondary N) is 4. The first-order valence-electron chi connectivity index (χ1n) is 40.1. The number of hydrogen-bond acceptors (Lipinski definition) is 20. The molecule has 10 N–H and O–H groups in total. The first-order valence-corrected chi connectivity index (χ1v) is 44.9. The highest BCUT2D eigenvalue weighted by molar-refractivity contribution is 9.10. The largest absolute Gasteiger partial charge is 0.493 e. The average molecular weight is 1790 g/mol. The van der Waals surface area contributed by atoms with Crippen LogP contribution in [0.15, 0.2) is 236 Å². The number of fused-ring (bicyclic) bond motifs is 13. The van der Waals surface area contributed by atoms with Crippen molar-refractivity contribution in [3.8, 4) is 22.6 Å². The Morgan fingerprint density at radius 1 is 0.517 bits per heavy atom. The van der Waals surface area contributed by atoms with E-state index in [0.29, 0.717) is 92.1 Å². The number of carbonyl (C=O) groups excluding carboxylic acids is 1. The minimum Gasteiger partial charge on any atom is -0.493 e. The van der Waals surface area contributed by atoms with Crippen LogP contribution in [0, 0.1) is 0 Å². The number of piperazine rings is 2. The Kier molecular flexibility index (Phi) is 26.6. The maximum Gasteiger partial charge on any atom is 0.332 e. The molecule has 1 aliphatic carbocycles. The minimum absolute atomic E-state index is 0.0140. The third-order valence-electron chi connectivity index (χ3n) is 22.2. The summed E-state index contributed by atoms with van der Waals surface area (Å²) in [6.45, 7) is 12.9. The van der Waals surface area contributed by atoms with Gasteiger partial charge < -0.3 is 64.9 Å². The second-order valence-electron chi connectivity index (χ2n) is 30.2. The van der Waals surface area contributed by atoms with E-state index < -0.39 is 44.2 Å². The van der Waals surface area contributed by atoms with Gasteiger partial charge in [0.2, 0.25) is 16.0 Å². The lowest BCUT2D eigenvalue weighted by Crippen LogP contribution is -2.50. The standard InChI is InChI=1S/C36H37Br2N7O3.C34H36N4O2.C20H24N4O6S2/c1-47-33-12-9-25(19-34(33)48-2)40-35-27-5-3-4-6-30(27)41-36(42-35)44-15-13-43(14-16-44)22-39-20-26(46)21-45-31-10-7-23(37)17-28(31)29-18-24(38)8-11-32(29)45;39-25(23-37-31-13-5-1-9-27(31)28-10-2-6-14-32(28)37)21-35-17-19-36(20-18-35)22-26(40)24-38-33-15-7-3-11-29(33)30-12-4-8-16-34(30)38;1-2-8-22-32(29,30)14-5-7-16-15-6-4-13(31(27,28)10-3-9-25)11-17(15)19(18(16)12-14)23-24-20(21)26/h3-12,17-19,26,39,46H,13-16,20-22H2,1-2H3,(H,40,41,42);1-16,25-26,39-40H,17-24H2;4-7,11-12,22,25H,2-3,8-10H2,1H3,(H3,21,24,26)/b;;23-19+. The average Bonchev–Trinajstić information content (AvgIpc) is 1.57. The molecule has 26 nitrogen and oxygen atoms in total. The lowest BCUT2D eigenvalue weighted by Gasteiger charge is -2.36. The predicted molar refractivity (Wildman–Crippen MR) is 483 cm³/mol. The molecular formula is C90H97Br2N15O11S2. The summed E-state index contributed by atoms with van der Waals surface area (Å²) in [5, 5.41) is 61.4. The summed E-state index contributed by atoms with van der Waals surface area (Å²) in [6, 6.07) is 68.2. The van der Waals surface area contributed by atoms with Crippen molar-refractivity contribution in [3.05, 3.63) is 232 Å². The summed E-state index contributed by atoms with van der Waals surface area (Å²) >= 11 is 7.23. The summed E-state index contributed by atoms with van der Waals surface area (Å²) in [5.74, 6) is 2.52. The number of sulfonamides is 1. The smallest absolute Gasteiger partial charge is 0.332 e. The number of aromatic nitrogens is 5. The summed E-state index contributed by atoms with van der Waals surface area (Å²) in [7, 11) is -4.17. The molecular weight excluding hydrogens is 1690 g/mol. The zero-order chi connectivity index (χ0) is 83.8. The Morgan fingerprint density at radius 3 is 1.50 bits per heavy atom. The van der Waals surface area contributed by atoms with Crippen molar-refractivity contribution in [1.29, 1.82) is 0 Å². The van der Waals surface area contributed by atoms with Gasteiger partial charge in [0, 0.05) is 194 Å². The molecule has 624 valence electrons. The van der Waals surface area contributed by atoms with Gasteiger partial charge in [-0.25, -0.2) is 36.8 Å². The Hall–Kier alpha value is -10.4. The molecule has 2 aliphatic heterocycles. The van der Waals surface area contributed by atoms with E-state index in [1.54, 1.807) is 26.4 Å². The van der Waals surface area contributed by atoms with Gasteiger partial charge >= 0.3 is 6.03 Å². The number of aliphatic hydroxyl groups excluding tert-OH is 4. The molecule has 10 aromatic carbocycles. The number of methoxy groups -OCH3 is 2. The number of rotatable bonds is 28. The molecule has 2 amide bonds. The van der Waals surface area contributed by atoms with Gasteiger partial charge in [-0.1, -0.05) is 136 Å². The van der Waals surface area contributed by atoms with Crippen LogP contribution in [-0.4, -0.2) is 217 Å². The SMILES string of the molecule is CCCNS(=O)(=O)c1ccc2c(c1)/C(=N/NC(N)=O)c1cc(S(=O)(=O)CCCO)ccc1-2.COc1ccc(Nc2nc(N3CCN(CNCC(O)Cn4c5ccc(Br)cc5c5cc(Br)ccc54)CC3)nc3ccccc23)cc1OC.OC(CN1CCN(CC(O)Cn2c3ccccc3c3ccccc32)CC1)Cn1c2ccccc2c2ccccc21. The number of hydrogen-bond donors (Lipinski definition) is 9. The molecule has 14 aromatic rings. The van der Waals surface area contributed by atoms with E-state index in [1.807, 2.05) is 49.4 Å². The van der Waals surface area contributed by atoms with Crippen LogP contribution in [0.2, 0.25) is 0 Å².